The van der Waals surface area contributed by atoms with Crippen molar-refractivity contribution >= 4 is 35.1 Å². The smallest absolute Gasteiger partial charge is 0.272 e. The van der Waals surface area contributed by atoms with Crippen LogP contribution in [0.25, 0.3) is 5.69 Å². The third-order valence-corrected chi connectivity index (χ3v) is 6.99. The fraction of sp³-hybridized carbons (Fsp3) is 0.261. The van der Waals surface area contributed by atoms with Crippen LogP contribution in [0.2, 0.25) is 0 Å². The molecule has 0 fully saturated rings. The van der Waals surface area contributed by atoms with Crippen molar-refractivity contribution in [2.24, 2.45) is 0 Å². The number of aromatic nitrogens is 2. The van der Waals surface area contributed by atoms with E-state index >= 15 is 0 Å². The van der Waals surface area contributed by atoms with Gasteiger partial charge in [-0.3, -0.25) is 14.2 Å². The molecule has 5 nitrogen and oxygen atoms in total. The Morgan fingerprint density at radius 2 is 1.87 bits per heavy atom. The lowest BCUT2D eigenvalue weighted by Crippen LogP contribution is -2.24. The Morgan fingerprint density at radius 3 is 2.60 bits per heavy atom. The minimum absolute atomic E-state index is 0.0522. The first kappa shape index (κ1) is 20.8. The Kier molecular flexibility index (Phi) is 6.01. The minimum Gasteiger partial charge on any atom is -0.325 e. The van der Waals surface area contributed by atoms with Crippen molar-refractivity contribution in [3.63, 3.8) is 0 Å². The molecule has 2 heterocycles. The number of nitrogens with one attached hydrogen (secondary N) is 1. The van der Waals surface area contributed by atoms with Gasteiger partial charge in [0.1, 0.15) is 0 Å². The number of amides is 1. The predicted molar refractivity (Wildman–Crippen MR) is 124 cm³/mol. The second-order valence-electron chi connectivity index (χ2n) is 7.40. The van der Waals surface area contributed by atoms with Gasteiger partial charge in [-0.25, -0.2) is 4.98 Å². The van der Waals surface area contributed by atoms with Gasteiger partial charge >= 0.3 is 0 Å². The average molecular weight is 438 g/mol. The molecular formula is C23H23N3O2S2. The first-order valence-electron chi connectivity index (χ1n) is 9.78. The average Bonchev–Trinajstić information content (AvgIpc) is 3.19. The van der Waals surface area contributed by atoms with Crippen molar-refractivity contribution in [2.45, 2.75) is 37.2 Å². The van der Waals surface area contributed by atoms with E-state index in [9.17, 15) is 9.59 Å². The van der Waals surface area contributed by atoms with E-state index < -0.39 is 0 Å². The van der Waals surface area contributed by atoms with E-state index in [0.717, 1.165) is 50.8 Å². The van der Waals surface area contributed by atoms with Gasteiger partial charge in [-0.1, -0.05) is 47.2 Å². The first-order valence-corrected chi connectivity index (χ1v) is 11.7. The van der Waals surface area contributed by atoms with E-state index in [1.165, 1.54) is 11.8 Å². The third-order valence-electron chi connectivity index (χ3n) is 4.95. The summed E-state index contributed by atoms with van der Waals surface area (Å²) < 4.78 is 1.63. The van der Waals surface area contributed by atoms with Crippen molar-refractivity contribution in [3.8, 4) is 5.69 Å². The van der Waals surface area contributed by atoms with Gasteiger partial charge < -0.3 is 5.32 Å². The molecule has 1 aliphatic heterocycles. The molecule has 3 aromatic rings. The lowest BCUT2D eigenvalue weighted by molar-refractivity contribution is -0.113. The van der Waals surface area contributed by atoms with E-state index in [1.54, 1.807) is 16.3 Å². The summed E-state index contributed by atoms with van der Waals surface area (Å²) in [6, 6.07) is 13.7. The van der Waals surface area contributed by atoms with E-state index in [1.807, 2.05) is 63.2 Å². The molecule has 1 N–H and O–H groups in total. The molecule has 1 aromatic heterocycles. The van der Waals surface area contributed by atoms with Gasteiger partial charge in [0.25, 0.3) is 5.56 Å². The molecule has 2 aromatic carbocycles. The number of fused-ring (bicyclic) bond motifs is 1. The Balaban J connectivity index is 1.60. The number of benzene rings is 2. The Morgan fingerprint density at radius 1 is 1.13 bits per heavy atom. The van der Waals surface area contributed by atoms with Crippen LogP contribution in [-0.4, -0.2) is 27.0 Å². The summed E-state index contributed by atoms with van der Waals surface area (Å²) in [4.78, 5) is 31.2. The van der Waals surface area contributed by atoms with Crippen LogP contribution >= 0.6 is 23.5 Å². The van der Waals surface area contributed by atoms with Crippen LogP contribution in [0.4, 0.5) is 5.69 Å². The number of carbonyl (C=O) groups is 1. The quantitative estimate of drug-likeness (QED) is 0.469. The number of anilines is 1. The van der Waals surface area contributed by atoms with Crippen molar-refractivity contribution < 1.29 is 4.79 Å². The summed E-state index contributed by atoms with van der Waals surface area (Å²) >= 11 is 2.85. The molecule has 7 heteroatoms. The summed E-state index contributed by atoms with van der Waals surface area (Å²) in [7, 11) is 0. The largest absolute Gasteiger partial charge is 0.325 e. The number of thioether (sulfide) groups is 2. The molecule has 0 aliphatic carbocycles. The zero-order valence-corrected chi connectivity index (χ0v) is 18.8. The van der Waals surface area contributed by atoms with Crippen LogP contribution in [0, 0.1) is 20.8 Å². The van der Waals surface area contributed by atoms with Crippen molar-refractivity contribution in [3.05, 3.63) is 75.2 Å². The monoisotopic (exact) mass is 437 g/mol. The van der Waals surface area contributed by atoms with Gasteiger partial charge in [0.05, 0.1) is 22.0 Å². The van der Waals surface area contributed by atoms with Gasteiger partial charge in [-0.2, -0.15) is 0 Å². The fourth-order valence-electron chi connectivity index (χ4n) is 3.38. The lowest BCUT2D eigenvalue weighted by atomic mass is 10.1. The Bertz CT molecular complexity index is 1170. The second kappa shape index (κ2) is 8.70. The van der Waals surface area contributed by atoms with E-state index in [4.69, 9.17) is 4.98 Å². The number of rotatable bonds is 5. The topological polar surface area (TPSA) is 64.0 Å². The summed E-state index contributed by atoms with van der Waals surface area (Å²) in [5.41, 5.74) is 5.66. The molecule has 154 valence electrons. The van der Waals surface area contributed by atoms with E-state index in [-0.39, 0.29) is 17.2 Å². The Labute approximate surface area is 184 Å². The van der Waals surface area contributed by atoms with Crippen LogP contribution in [0.1, 0.15) is 22.4 Å². The molecule has 0 saturated heterocycles. The van der Waals surface area contributed by atoms with Gasteiger partial charge in [-0.05, 0) is 44.5 Å². The first-order chi connectivity index (χ1) is 14.4. The zero-order valence-electron chi connectivity index (χ0n) is 17.2. The van der Waals surface area contributed by atoms with E-state index in [0.29, 0.717) is 5.16 Å². The van der Waals surface area contributed by atoms with Crippen molar-refractivity contribution in [1.29, 1.82) is 0 Å². The highest BCUT2D eigenvalue weighted by Gasteiger charge is 2.23. The third kappa shape index (κ3) is 4.32. The second-order valence-corrected chi connectivity index (χ2v) is 9.45. The number of aryl methyl sites for hydroxylation is 4. The molecule has 0 unspecified atom stereocenters. The van der Waals surface area contributed by atoms with Gasteiger partial charge in [0.2, 0.25) is 5.91 Å². The maximum absolute atomic E-state index is 13.2. The summed E-state index contributed by atoms with van der Waals surface area (Å²) in [6.45, 7) is 6.01. The van der Waals surface area contributed by atoms with Crippen LogP contribution in [-0.2, 0) is 11.2 Å². The summed E-state index contributed by atoms with van der Waals surface area (Å²) in [6.07, 6.45) is 0.784. The standard InChI is InChI=1S/C23H23N3O2S2/c1-14-4-7-17(8-5-14)26-22(28)21-19(10-11-29-21)25-23(26)30-13-20(27)24-18-9-6-15(2)12-16(18)3/h4-9,12H,10-11,13H2,1-3H3,(H,24,27). The minimum atomic E-state index is -0.119. The molecular weight excluding hydrogens is 414 g/mol. The maximum atomic E-state index is 13.2. The highest BCUT2D eigenvalue weighted by Crippen LogP contribution is 2.30. The molecule has 4 rings (SSSR count). The molecule has 0 bridgehead atoms. The fourth-order valence-corrected chi connectivity index (χ4v) is 5.23. The molecule has 0 radical (unpaired) electrons. The summed E-state index contributed by atoms with van der Waals surface area (Å²) in [5, 5.41) is 3.52. The van der Waals surface area contributed by atoms with Gasteiger partial charge in [0, 0.05) is 17.9 Å². The highest BCUT2D eigenvalue weighted by molar-refractivity contribution is 8.00. The normalized spacial score (nSPS) is 12.6. The van der Waals surface area contributed by atoms with Crippen LogP contribution in [0.3, 0.4) is 0 Å². The number of hydrogen-bond donors (Lipinski definition) is 1. The predicted octanol–water partition coefficient (Wildman–Crippen LogP) is 4.54. The highest BCUT2D eigenvalue weighted by atomic mass is 32.2. The Hall–Kier alpha value is -2.51. The molecule has 1 aliphatic rings. The number of hydrogen-bond acceptors (Lipinski definition) is 5. The molecule has 30 heavy (non-hydrogen) atoms. The lowest BCUT2D eigenvalue weighted by Gasteiger charge is -2.14. The molecule has 0 atom stereocenters. The van der Waals surface area contributed by atoms with Crippen LogP contribution in [0.5, 0.6) is 0 Å². The van der Waals surface area contributed by atoms with Crippen LogP contribution < -0.4 is 10.9 Å². The zero-order chi connectivity index (χ0) is 21.3. The van der Waals surface area contributed by atoms with Crippen molar-refractivity contribution in [2.75, 3.05) is 16.8 Å². The number of nitrogens with zero attached hydrogens (tertiary/aromatic N) is 2. The molecule has 1 amide bonds. The molecule has 0 spiro atoms. The van der Waals surface area contributed by atoms with E-state index in [2.05, 4.69) is 5.32 Å². The van der Waals surface area contributed by atoms with Crippen molar-refractivity contribution in [1.82, 2.24) is 9.55 Å². The van der Waals surface area contributed by atoms with Crippen LogP contribution in [0.15, 0.2) is 57.3 Å². The molecule has 0 saturated carbocycles. The SMILES string of the molecule is Cc1ccc(-n2c(SCC(=O)Nc3ccc(C)cc3C)nc3c(c2=O)SCC3)cc1. The number of carbonyl (C=O) groups excluding carboxylic acids is 1. The van der Waals surface area contributed by atoms with Gasteiger partial charge in [0.15, 0.2) is 5.16 Å². The maximum Gasteiger partial charge on any atom is 0.272 e. The summed E-state index contributed by atoms with van der Waals surface area (Å²) in [5.74, 6) is 0.927. The van der Waals surface area contributed by atoms with Gasteiger partial charge in [-0.15, -0.1) is 11.8 Å².